The van der Waals surface area contributed by atoms with Crippen molar-refractivity contribution in [2.24, 2.45) is 11.5 Å². The first-order chi connectivity index (χ1) is 15.9. The molecule has 2 atom stereocenters. The minimum Gasteiger partial charge on any atom is -0.406 e. The van der Waals surface area contributed by atoms with Crippen molar-refractivity contribution in [1.29, 1.82) is 0 Å². The van der Waals surface area contributed by atoms with Crippen LogP contribution in [0, 0.1) is 5.82 Å². The summed E-state index contributed by atoms with van der Waals surface area (Å²) in [4.78, 5) is 31.6. The first kappa shape index (κ1) is 24.3. The summed E-state index contributed by atoms with van der Waals surface area (Å²) in [6.45, 7) is 0.372. The maximum absolute atomic E-state index is 13.1. The van der Waals surface area contributed by atoms with Gasteiger partial charge in [-0.05, 0) is 62.1 Å². The Bertz CT molecular complexity index is 1090. The lowest BCUT2D eigenvalue weighted by Crippen LogP contribution is -2.50. The molecule has 2 aromatic carbocycles. The molecule has 8 heteroatoms. The van der Waals surface area contributed by atoms with E-state index in [2.05, 4.69) is 4.98 Å². The quantitative estimate of drug-likeness (QED) is 0.458. The second-order valence-electron chi connectivity index (χ2n) is 7.93. The second kappa shape index (κ2) is 11.5. The van der Waals surface area contributed by atoms with Gasteiger partial charge < -0.3 is 21.1 Å². The number of carbonyl (C=O) groups is 2. The molecule has 0 radical (unpaired) electrons. The highest BCUT2D eigenvalue weighted by atomic mass is 19.1. The maximum atomic E-state index is 13.1. The van der Waals surface area contributed by atoms with E-state index in [4.69, 9.17) is 16.2 Å². The Labute approximate surface area is 192 Å². The Hall–Kier alpha value is -3.36. The predicted octanol–water partition coefficient (Wildman–Crippen LogP) is 2.81. The van der Waals surface area contributed by atoms with Gasteiger partial charge in [0.2, 0.25) is 11.8 Å². The molecule has 3 aromatic rings. The highest BCUT2D eigenvalue weighted by Crippen LogP contribution is 2.18. The summed E-state index contributed by atoms with van der Waals surface area (Å²) in [7, 11) is 1.54. The van der Waals surface area contributed by atoms with Gasteiger partial charge in [0, 0.05) is 18.5 Å². The number of benzene rings is 2. The number of para-hydroxylation sites is 1. The molecule has 4 N–H and O–H groups in total. The van der Waals surface area contributed by atoms with Crippen molar-refractivity contribution in [3.05, 3.63) is 72.0 Å². The molecule has 7 nitrogen and oxygen atoms in total. The number of amides is 1. The van der Waals surface area contributed by atoms with Crippen molar-refractivity contribution >= 4 is 22.8 Å². The molecule has 0 bridgehead atoms. The molecule has 0 aliphatic heterocycles. The van der Waals surface area contributed by atoms with Crippen LogP contribution in [0.3, 0.4) is 0 Å². The summed E-state index contributed by atoms with van der Waals surface area (Å²) in [6.07, 6.45) is 1.75. The van der Waals surface area contributed by atoms with E-state index in [0.717, 1.165) is 10.9 Å². The van der Waals surface area contributed by atoms with Gasteiger partial charge in [-0.15, -0.1) is 0 Å². The fourth-order valence-electron chi connectivity index (χ4n) is 3.57. The van der Waals surface area contributed by atoms with Crippen molar-refractivity contribution < 1.29 is 18.7 Å². The van der Waals surface area contributed by atoms with Gasteiger partial charge in [-0.3, -0.25) is 4.79 Å². The molecule has 33 heavy (non-hydrogen) atoms. The lowest BCUT2D eigenvalue weighted by atomic mass is 10.0. The van der Waals surface area contributed by atoms with Crippen LogP contribution < -0.4 is 16.2 Å². The van der Waals surface area contributed by atoms with Crippen molar-refractivity contribution in [3.63, 3.8) is 0 Å². The predicted molar refractivity (Wildman–Crippen MR) is 125 cm³/mol. The van der Waals surface area contributed by atoms with Crippen molar-refractivity contribution in [1.82, 2.24) is 9.88 Å². The van der Waals surface area contributed by atoms with Gasteiger partial charge in [-0.1, -0.05) is 30.3 Å². The average Bonchev–Trinajstić information content (AvgIpc) is 2.83. The number of carbonyl (C=O) groups excluding carboxylic acids is 2. The lowest BCUT2D eigenvalue weighted by molar-refractivity contribution is -0.148. The number of fused-ring (bicyclic) bond motifs is 1. The van der Waals surface area contributed by atoms with Crippen LogP contribution in [0.4, 0.5) is 4.39 Å². The average molecular weight is 453 g/mol. The molecule has 0 aliphatic rings. The van der Waals surface area contributed by atoms with E-state index in [0.29, 0.717) is 37.7 Å². The number of rotatable bonds is 10. The SMILES string of the molecule is CN(C(=O)[C@@H](N)CCc1ccc(F)cc1)[C@@H](CCCN)C(=O)Oc1ccc2ccccc2n1. The van der Waals surface area contributed by atoms with Crippen molar-refractivity contribution in [2.45, 2.75) is 37.8 Å². The summed E-state index contributed by atoms with van der Waals surface area (Å²) < 4.78 is 18.6. The minimum atomic E-state index is -0.841. The van der Waals surface area contributed by atoms with Gasteiger partial charge in [-0.2, -0.15) is 0 Å². The van der Waals surface area contributed by atoms with Crippen LogP contribution in [0.1, 0.15) is 24.8 Å². The van der Waals surface area contributed by atoms with E-state index in [1.54, 1.807) is 18.2 Å². The molecule has 1 heterocycles. The summed E-state index contributed by atoms with van der Waals surface area (Å²) in [5.74, 6) is -1.12. The molecular weight excluding hydrogens is 423 g/mol. The van der Waals surface area contributed by atoms with Crippen LogP contribution in [0.2, 0.25) is 0 Å². The number of hydrogen-bond donors (Lipinski definition) is 2. The zero-order chi connectivity index (χ0) is 23.8. The van der Waals surface area contributed by atoms with Crippen LogP contribution in [0.15, 0.2) is 60.7 Å². The highest BCUT2D eigenvalue weighted by molar-refractivity contribution is 5.88. The van der Waals surface area contributed by atoms with Crippen molar-refractivity contribution in [3.8, 4) is 5.88 Å². The second-order valence-corrected chi connectivity index (χ2v) is 7.93. The smallest absolute Gasteiger partial charge is 0.335 e. The molecule has 174 valence electrons. The molecule has 0 unspecified atom stereocenters. The van der Waals surface area contributed by atoms with E-state index in [1.165, 1.54) is 24.1 Å². The molecule has 3 rings (SSSR count). The molecule has 1 aromatic heterocycles. The topological polar surface area (TPSA) is 112 Å². The van der Waals surface area contributed by atoms with Gasteiger partial charge in [0.05, 0.1) is 11.6 Å². The van der Waals surface area contributed by atoms with Gasteiger partial charge in [-0.25, -0.2) is 14.2 Å². The Morgan fingerprint density at radius 1 is 1.06 bits per heavy atom. The van der Waals surface area contributed by atoms with Crippen molar-refractivity contribution in [2.75, 3.05) is 13.6 Å². The summed E-state index contributed by atoms with van der Waals surface area (Å²) in [6, 6.07) is 15.3. The number of halogens is 1. The van der Waals surface area contributed by atoms with Crippen LogP contribution >= 0.6 is 0 Å². The van der Waals surface area contributed by atoms with Gasteiger partial charge in [0.15, 0.2) is 0 Å². The molecular formula is C25H29FN4O3. The Balaban J connectivity index is 1.66. The van der Waals surface area contributed by atoms with Crippen LogP contribution in [0.5, 0.6) is 5.88 Å². The van der Waals surface area contributed by atoms with E-state index >= 15 is 0 Å². The summed E-state index contributed by atoms with van der Waals surface area (Å²) >= 11 is 0. The fraction of sp³-hybridized carbons (Fsp3) is 0.320. The Morgan fingerprint density at radius 3 is 2.52 bits per heavy atom. The minimum absolute atomic E-state index is 0.165. The third kappa shape index (κ3) is 6.57. The van der Waals surface area contributed by atoms with Crippen LogP contribution in [-0.2, 0) is 16.0 Å². The number of nitrogens with two attached hydrogens (primary N) is 2. The van der Waals surface area contributed by atoms with Gasteiger partial charge in [0.25, 0.3) is 0 Å². The van der Waals surface area contributed by atoms with E-state index in [-0.39, 0.29) is 17.6 Å². The standard InChI is InChI=1S/C25H29FN4O3/c1-30(24(31)20(28)14-10-17-8-12-19(26)13-9-17)22(7-4-16-27)25(32)33-23-15-11-18-5-2-3-6-21(18)29-23/h2-3,5-6,8-9,11-13,15,20,22H,4,7,10,14,16,27-28H2,1H3/t20-,22-/m0/s1. The monoisotopic (exact) mass is 452 g/mol. The van der Waals surface area contributed by atoms with Crippen LogP contribution in [-0.4, -0.2) is 47.4 Å². The maximum Gasteiger partial charge on any atom is 0.335 e. The first-order valence-corrected chi connectivity index (χ1v) is 10.9. The largest absolute Gasteiger partial charge is 0.406 e. The first-order valence-electron chi connectivity index (χ1n) is 10.9. The molecule has 0 saturated carbocycles. The zero-order valence-electron chi connectivity index (χ0n) is 18.6. The lowest BCUT2D eigenvalue weighted by Gasteiger charge is -2.28. The number of ether oxygens (including phenoxy) is 1. The van der Waals surface area contributed by atoms with E-state index < -0.39 is 18.1 Å². The molecule has 0 fully saturated rings. The Kier molecular flexibility index (Phi) is 8.46. The number of aryl methyl sites for hydroxylation is 1. The normalized spacial score (nSPS) is 12.8. The molecule has 0 spiro atoms. The molecule has 0 aliphatic carbocycles. The Morgan fingerprint density at radius 2 is 1.79 bits per heavy atom. The number of pyridine rings is 1. The summed E-state index contributed by atoms with van der Waals surface area (Å²) in [5.41, 5.74) is 13.3. The van der Waals surface area contributed by atoms with Crippen LogP contribution in [0.25, 0.3) is 10.9 Å². The summed E-state index contributed by atoms with van der Waals surface area (Å²) in [5, 5.41) is 0.927. The van der Waals surface area contributed by atoms with Gasteiger partial charge in [0.1, 0.15) is 11.9 Å². The third-order valence-electron chi connectivity index (χ3n) is 5.52. The fourth-order valence-corrected chi connectivity index (χ4v) is 3.57. The number of hydrogen-bond acceptors (Lipinski definition) is 6. The molecule has 1 amide bonds. The van der Waals surface area contributed by atoms with Gasteiger partial charge >= 0.3 is 5.97 Å². The highest BCUT2D eigenvalue weighted by Gasteiger charge is 2.31. The zero-order valence-corrected chi connectivity index (χ0v) is 18.6. The number of aromatic nitrogens is 1. The number of likely N-dealkylation sites (N-methyl/N-ethyl adjacent to an activating group) is 1. The number of nitrogens with zero attached hydrogens (tertiary/aromatic N) is 2. The van der Waals surface area contributed by atoms with E-state index in [1.807, 2.05) is 30.3 Å². The number of esters is 1. The molecule has 0 saturated heterocycles. The third-order valence-corrected chi connectivity index (χ3v) is 5.52. The van der Waals surface area contributed by atoms with E-state index in [9.17, 15) is 14.0 Å².